The average molecular weight is 214 g/mol. The third kappa shape index (κ3) is 4.49. The molecule has 1 N–H and O–H groups in total. The van der Waals surface area contributed by atoms with E-state index < -0.39 is 0 Å². The van der Waals surface area contributed by atoms with E-state index in [-0.39, 0.29) is 5.54 Å². The first-order chi connectivity index (χ1) is 7.02. The molecule has 0 bridgehead atoms. The molecule has 90 valence electrons. The summed E-state index contributed by atoms with van der Waals surface area (Å²) < 4.78 is 5.38. The van der Waals surface area contributed by atoms with Crippen LogP contribution in [-0.2, 0) is 4.74 Å². The SMILES string of the molecule is CC(C)CNCC(C)(C)N1CCOCC1. The molecule has 3 nitrogen and oxygen atoms in total. The normalized spacial score (nSPS) is 19.8. The fraction of sp³-hybridized carbons (Fsp3) is 1.00. The van der Waals surface area contributed by atoms with Crippen LogP contribution in [-0.4, -0.2) is 49.8 Å². The minimum atomic E-state index is 0.249. The number of rotatable bonds is 5. The van der Waals surface area contributed by atoms with E-state index in [1.165, 1.54) is 0 Å². The Hall–Kier alpha value is -0.120. The largest absolute Gasteiger partial charge is 0.379 e. The molecule has 15 heavy (non-hydrogen) atoms. The van der Waals surface area contributed by atoms with Gasteiger partial charge in [-0.15, -0.1) is 0 Å². The third-order valence-electron chi connectivity index (χ3n) is 2.98. The van der Waals surface area contributed by atoms with Crippen LogP contribution in [0.3, 0.4) is 0 Å². The van der Waals surface area contributed by atoms with Crippen LogP contribution in [0.25, 0.3) is 0 Å². The first-order valence-corrected chi connectivity index (χ1v) is 6.06. The molecule has 0 unspecified atom stereocenters. The quantitative estimate of drug-likeness (QED) is 0.747. The molecule has 3 heteroatoms. The van der Waals surface area contributed by atoms with E-state index in [1.54, 1.807) is 0 Å². The second kappa shape index (κ2) is 5.83. The highest BCUT2D eigenvalue weighted by atomic mass is 16.5. The maximum absolute atomic E-state index is 5.38. The van der Waals surface area contributed by atoms with Crippen molar-refractivity contribution in [3.8, 4) is 0 Å². The lowest BCUT2D eigenvalue weighted by molar-refractivity contribution is -0.00969. The maximum atomic E-state index is 5.38. The summed E-state index contributed by atoms with van der Waals surface area (Å²) in [7, 11) is 0. The van der Waals surface area contributed by atoms with Gasteiger partial charge in [-0.1, -0.05) is 13.8 Å². The molecule has 0 aromatic rings. The van der Waals surface area contributed by atoms with Gasteiger partial charge in [0.2, 0.25) is 0 Å². The molecule has 1 aliphatic heterocycles. The van der Waals surface area contributed by atoms with Gasteiger partial charge in [0, 0.05) is 25.2 Å². The zero-order valence-corrected chi connectivity index (χ0v) is 10.7. The Kier molecular flexibility index (Phi) is 5.03. The Morgan fingerprint density at radius 3 is 2.40 bits per heavy atom. The summed E-state index contributed by atoms with van der Waals surface area (Å²) in [4.78, 5) is 2.52. The predicted molar refractivity (Wildman–Crippen MR) is 64.2 cm³/mol. The molecular formula is C12H26N2O. The number of ether oxygens (including phenoxy) is 1. The number of morpholine rings is 1. The molecule has 0 spiro atoms. The lowest BCUT2D eigenvalue weighted by atomic mass is 10.0. The summed E-state index contributed by atoms with van der Waals surface area (Å²) in [5.41, 5.74) is 0.249. The van der Waals surface area contributed by atoms with Crippen LogP contribution in [0.2, 0.25) is 0 Å². The van der Waals surface area contributed by atoms with Gasteiger partial charge in [0.05, 0.1) is 13.2 Å². The van der Waals surface area contributed by atoms with E-state index in [2.05, 4.69) is 37.9 Å². The van der Waals surface area contributed by atoms with Gasteiger partial charge in [0.25, 0.3) is 0 Å². The monoisotopic (exact) mass is 214 g/mol. The summed E-state index contributed by atoms with van der Waals surface area (Å²) in [5.74, 6) is 0.727. The van der Waals surface area contributed by atoms with Gasteiger partial charge in [-0.25, -0.2) is 0 Å². The van der Waals surface area contributed by atoms with E-state index in [1.807, 2.05) is 0 Å². The van der Waals surface area contributed by atoms with Gasteiger partial charge in [0.15, 0.2) is 0 Å². The van der Waals surface area contributed by atoms with Crippen molar-refractivity contribution in [2.24, 2.45) is 5.92 Å². The molecule has 0 amide bonds. The van der Waals surface area contributed by atoms with Gasteiger partial charge in [-0.3, -0.25) is 4.90 Å². The molecule has 0 atom stereocenters. The molecule has 0 aromatic heterocycles. The Morgan fingerprint density at radius 2 is 1.87 bits per heavy atom. The standard InChI is InChI=1S/C12H26N2O/c1-11(2)9-13-10-12(3,4)14-5-7-15-8-6-14/h11,13H,5-10H2,1-4H3. The number of hydrogen-bond acceptors (Lipinski definition) is 3. The van der Waals surface area contributed by atoms with Crippen LogP contribution < -0.4 is 5.32 Å². The van der Waals surface area contributed by atoms with Crippen LogP contribution in [0, 0.1) is 5.92 Å². The van der Waals surface area contributed by atoms with Crippen molar-refractivity contribution < 1.29 is 4.74 Å². The van der Waals surface area contributed by atoms with Crippen molar-refractivity contribution >= 4 is 0 Å². The second-order valence-corrected chi connectivity index (χ2v) is 5.44. The van der Waals surface area contributed by atoms with Crippen molar-refractivity contribution in [1.29, 1.82) is 0 Å². The topological polar surface area (TPSA) is 24.5 Å². The van der Waals surface area contributed by atoms with Gasteiger partial charge < -0.3 is 10.1 Å². The average Bonchev–Trinajstić information content (AvgIpc) is 2.18. The Balaban J connectivity index is 2.29. The van der Waals surface area contributed by atoms with E-state index in [9.17, 15) is 0 Å². The van der Waals surface area contributed by atoms with Crippen LogP contribution in [0.1, 0.15) is 27.7 Å². The highest BCUT2D eigenvalue weighted by molar-refractivity contribution is 4.85. The highest BCUT2D eigenvalue weighted by Crippen LogP contribution is 2.15. The minimum absolute atomic E-state index is 0.249. The zero-order chi connectivity index (χ0) is 11.3. The Labute approximate surface area is 94.2 Å². The van der Waals surface area contributed by atoms with Crippen LogP contribution in [0.15, 0.2) is 0 Å². The lowest BCUT2D eigenvalue weighted by Crippen LogP contribution is -2.54. The van der Waals surface area contributed by atoms with Gasteiger partial charge >= 0.3 is 0 Å². The van der Waals surface area contributed by atoms with Crippen molar-refractivity contribution in [1.82, 2.24) is 10.2 Å². The van der Waals surface area contributed by atoms with Crippen LogP contribution in [0.5, 0.6) is 0 Å². The molecule has 0 saturated carbocycles. The summed E-state index contributed by atoms with van der Waals surface area (Å²) in [6.07, 6.45) is 0. The van der Waals surface area contributed by atoms with E-state index in [4.69, 9.17) is 4.74 Å². The van der Waals surface area contributed by atoms with Crippen molar-refractivity contribution in [2.75, 3.05) is 39.4 Å². The van der Waals surface area contributed by atoms with Crippen LogP contribution >= 0.6 is 0 Å². The Morgan fingerprint density at radius 1 is 1.27 bits per heavy atom. The van der Waals surface area contributed by atoms with Gasteiger partial charge in [-0.2, -0.15) is 0 Å². The smallest absolute Gasteiger partial charge is 0.0594 e. The molecule has 0 aromatic carbocycles. The molecule has 1 fully saturated rings. The summed E-state index contributed by atoms with van der Waals surface area (Å²) >= 11 is 0. The van der Waals surface area contributed by atoms with Crippen LogP contribution in [0.4, 0.5) is 0 Å². The molecule has 1 aliphatic rings. The van der Waals surface area contributed by atoms with Gasteiger partial charge in [-0.05, 0) is 26.3 Å². The lowest BCUT2D eigenvalue weighted by Gasteiger charge is -2.41. The predicted octanol–water partition coefficient (Wildman–Crippen LogP) is 1.34. The molecule has 1 saturated heterocycles. The number of nitrogens with zero attached hydrogens (tertiary/aromatic N) is 1. The molecule has 1 heterocycles. The molecule has 1 rings (SSSR count). The first-order valence-electron chi connectivity index (χ1n) is 6.06. The summed E-state index contributed by atoms with van der Waals surface area (Å²) in [6, 6.07) is 0. The summed E-state index contributed by atoms with van der Waals surface area (Å²) in [5, 5.41) is 3.54. The van der Waals surface area contributed by atoms with Crippen molar-refractivity contribution in [2.45, 2.75) is 33.2 Å². The number of nitrogens with one attached hydrogen (secondary N) is 1. The highest BCUT2D eigenvalue weighted by Gasteiger charge is 2.27. The summed E-state index contributed by atoms with van der Waals surface area (Å²) in [6.45, 7) is 15.2. The third-order valence-corrected chi connectivity index (χ3v) is 2.98. The molecular weight excluding hydrogens is 188 g/mol. The Bertz CT molecular complexity index is 174. The zero-order valence-electron chi connectivity index (χ0n) is 10.7. The maximum Gasteiger partial charge on any atom is 0.0594 e. The minimum Gasteiger partial charge on any atom is -0.379 e. The van der Waals surface area contributed by atoms with Crippen molar-refractivity contribution in [3.05, 3.63) is 0 Å². The van der Waals surface area contributed by atoms with E-state index >= 15 is 0 Å². The second-order valence-electron chi connectivity index (χ2n) is 5.44. The molecule has 0 radical (unpaired) electrons. The van der Waals surface area contributed by atoms with E-state index in [0.717, 1.165) is 45.3 Å². The fourth-order valence-corrected chi connectivity index (χ4v) is 1.95. The number of hydrogen-bond donors (Lipinski definition) is 1. The van der Waals surface area contributed by atoms with E-state index in [0.29, 0.717) is 0 Å². The molecule has 0 aliphatic carbocycles. The first kappa shape index (κ1) is 12.9. The fourth-order valence-electron chi connectivity index (χ4n) is 1.95. The van der Waals surface area contributed by atoms with Crippen molar-refractivity contribution in [3.63, 3.8) is 0 Å². The van der Waals surface area contributed by atoms with Gasteiger partial charge in [0.1, 0.15) is 0 Å².